The quantitative estimate of drug-likeness (QED) is 0.176. The Morgan fingerprint density at radius 1 is 0.386 bits per heavy atom. The molecule has 7 heteroatoms. The predicted molar refractivity (Wildman–Crippen MR) is 235 cm³/mol. The minimum Gasteiger partial charge on any atom is -0.307 e. The van der Waals surface area contributed by atoms with Crippen LogP contribution >= 0.6 is 11.3 Å². The molecule has 0 saturated carbocycles. The van der Waals surface area contributed by atoms with E-state index in [9.17, 15) is 0 Å². The molecule has 0 radical (unpaired) electrons. The van der Waals surface area contributed by atoms with Crippen LogP contribution in [0.1, 0.15) is 0 Å². The molecule has 12 rings (SSSR count). The van der Waals surface area contributed by atoms with Crippen molar-refractivity contribution in [3.05, 3.63) is 182 Å². The highest BCUT2D eigenvalue weighted by Crippen LogP contribution is 2.46. The lowest BCUT2D eigenvalue weighted by molar-refractivity contribution is 0.953. The van der Waals surface area contributed by atoms with Crippen LogP contribution in [0, 0.1) is 0 Å². The lowest BCUT2D eigenvalue weighted by atomic mass is 10.0. The fourth-order valence-electron chi connectivity index (χ4n) is 8.44. The Balaban J connectivity index is 1.09. The van der Waals surface area contributed by atoms with Crippen LogP contribution in [0.3, 0.4) is 0 Å². The summed E-state index contributed by atoms with van der Waals surface area (Å²) in [6, 6.07) is 63.5. The molecule has 0 N–H and O–H groups in total. The molecule has 0 atom stereocenters. The zero-order chi connectivity index (χ0) is 37.5. The molecule has 6 nitrogen and oxygen atoms in total. The fourth-order valence-corrected chi connectivity index (χ4v) is 9.65. The summed E-state index contributed by atoms with van der Waals surface area (Å²) < 4.78 is 6.96. The maximum Gasteiger partial charge on any atom is 0.238 e. The molecule has 0 aliphatic heterocycles. The second-order valence-electron chi connectivity index (χ2n) is 14.2. The summed E-state index contributed by atoms with van der Waals surface area (Å²) in [6.45, 7) is 0. The molecule has 0 aliphatic carbocycles. The number of fused-ring (bicyclic) bond motifs is 10. The van der Waals surface area contributed by atoms with Crippen molar-refractivity contribution >= 4 is 75.3 Å². The Morgan fingerprint density at radius 3 is 1.56 bits per heavy atom. The monoisotopic (exact) mass is 746 g/mol. The van der Waals surface area contributed by atoms with Crippen LogP contribution < -0.4 is 0 Å². The molecule has 5 aromatic heterocycles. The molecule has 0 bridgehead atoms. The average Bonchev–Trinajstić information content (AvgIpc) is 3.95. The summed E-state index contributed by atoms with van der Waals surface area (Å²) in [5.41, 5.74) is 10.2. The van der Waals surface area contributed by atoms with Crippen LogP contribution in [0.4, 0.5) is 0 Å². The minimum absolute atomic E-state index is 0.575. The van der Waals surface area contributed by atoms with E-state index in [-0.39, 0.29) is 0 Å². The van der Waals surface area contributed by atoms with Gasteiger partial charge >= 0.3 is 0 Å². The van der Waals surface area contributed by atoms with Gasteiger partial charge in [0.05, 0.1) is 38.0 Å². The SMILES string of the molecule is c1ccc(-c2nc(-c3ccc(-c4nc5c6ccccc6sc5c5c6ccccc6n(-c6ccccc6)c45)cc3)nc(-n3c4ccccc4c4ccccc43)n2)cc1. The number of rotatable bonds is 5. The summed E-state index contributed by atoms with van der Waals surface area (Å²) in [5.74, 6) is 1.79. The summed E-state index contributed by atoms with van der Waals surface area (Å²) in [6.07, 6.45) is 0. The van der Waals surface area contributed by atoms with E-state index in [1.165, 1.54) is 25.6 Å². The molecular weight excluding hydrogens is 717 g/mol. The summed E-state index contributed by atoms with van der Waals surface area (Å²) in [5, 5.41) is 5.92. The van der Waals surface area contributed by atoms with Crippen LogP contribution in [-0.4, -0.2) is 29.1 Å². The Morgan fingerprint density at radius 2 is 0.895 bits per heavy atom. The van der Waals surface area contributed by atoms with Gasteiger partial charge in [-0.1, -0.05) is 146 Å². The third kappa shape index (κ3) is 4.89. The maximum atomic E-state index is 5.55. The van der Waals surface area contributed by atoms with E-state index >= 15 is 0 Å². The maximum absolute atomic E-state index is 5.55. The first-order valence-electron chi connectivity index (χ1n) is 19.0. The molecule has 12 aromatic rings. The van der Waals surface area contributed by atoms with Crippen molar-refractivity contribution in [1.82, 2.24) is 29.1 Å². The normalized spacial score (nSPS) is 11.9. The van der Waals surface area contributed by atoms with E-state index in [1.807, 2.05) is 41.7 Å². The van der Waals surface area contributed by atoms with Gasteiger partial charge in [-0.25, -0.2) is 9.97 Å². The Labute approximate surface area is 330 Å². The number of hydrogen-bond acceptors (Lipinski definition) is 5. The van der Waals surface area contributed by atoms with Crippen LogP contribution in [-0.2, 0) is 0 Å². The minimum atomic E-state index is 0.575. The molecule has 5 heterocycles. The van der Waals surface area contributed by atoms with E-state index in [2.05, 4.69) is 161 Å². The highest BCUT2D eigenvalue weighted by Gasteiger charge is 2.23. The van der Waals surface area contributed by atoms with Gasteiger partial charge in [-0.2, -0.15) is 9.97 Å². The molecule has 7 aromatic carbocycles. The van der Waals surface area contributed by atoms with Gasteiger partial charge in [0.1, 0.15) is 0 Å². The van der Waals surface area contributed by atoms with Crippen molar-refractivity contribution in [3.63, 3.8) is 0 Å². The zero-order valence-electron chi connectivity index (χ0n) is 30.4. The van der Waals surface area contributed by atoms with Crippen LogP contribution in [0.25, 0.3) is 110 Å². The average molecular weight is 747 g/mol. The Kier molecular flexibility index (Phi) is 7.00. The van der Waals surface area contributed by atoms with Crippen molar-refractivity contribution in [2.45, 2.75) is 0 Å². The van der Waals surface area contributed by atoms with Gasteiger partial charge < -0.3 is 4.57 Å². The number of para-hydroxylation sites is 4. The number of benzene rings is 7. The molecule has 0 saturated heterocycles. The number of hydrogen-bond donors (Lipinski definition) is 0. The largest absolute Gasteiger partial charge is 0.307 e. The predicted octanol–water partition coefficient (Wildman–Crippen LogP) is 12.8. The van der Waals surface area contributed by atoms with E-state index in [1.54, 1.807) is 0 Å². The van der Waals surface area contributed by atoms with Gasteiger partial charge in [-0.15, -0.1) is 11.3 Å². The Bertz CT molecular complexity index is 3460. The smallest absolute Gasteiger partial charge is 0.238 e. The summed E-state index contributed by atoms with van der Waals surface area (Å²) in [4.78, 5) is 20.9. The van der Waals surface area contributed by atoms with Gasteiger partial charge in [0, 0.05) is 54.0 Å². The van der Waals surface area contributed by atoms with Gasteiger partial charge in [0.2, 0.25) is 5.95 Å². The first-order chi connectivity index (χ1) is 28.3. The standard InChI is InChI=1S/C50H30N6S/c1-3-15-32(16-4-1)48-52-49(54-50(53-48)56-39-23-11-7-19-35(39)36-20-8-12-24-40(36)56)33-29-27-31(28-30-33)44-46-43(47-45(51-44)38-22-10-14-26-42(38)57-47)37-21-9-13-25-41(37)55(46)34-17-5-2-6-18-34/h1-30H. The number of aromatic nitrogens is 6. The first kappa shape index (κ1) is 31.8. The second kappa shape index (κ2) is 12.5. The van der Waals surface area contributed by atoms with Crippen molar-refractivity contribution in [2.24, 2.45) is 0 Å². The van der Waals surface area contributed by atoms with Gasteiger partial charge in [0.25, 0.3) is 0 Å². The fraction of sp³-hybridized carbons (Fsp3) is 0. The van der Waals surface area contributed by atoms with Crippen LogP contribution in [0.2, 0.25) is 0 Å². The van der Waals surface area contributed by atoms with Crippen molar-refractivity contribution < 1.29 is 0 Å². The third-order valence-corrected chi connectivity index (χ3v) is 12.2. The topological polar surface area (TPSA) is 61.4 Å². The zero-order valence-corrected chi connectivity index (χ0v) is 31.2. The number of pyridine rings is 1. The molecule has 57 heavy (non-hydrogen) atoms. The first-order valence-corrected chi connectivity index (χ1v) is 19.8. The lowest BCUT2D eigenvalue weighted by Crippen LogP contribution is -2.06. The van der Waals surface area contributed by atoms with E-state index < -0.39 is 0 Å². The van der Waals surface area contributed by atoms with Crippen molar-refractivity contribution in [3.8, 4) is 45.7 Å². The number of nitrogens with zero attached hydrogens (tertiary/aromatic N) is 6. The molecule has 0 fully saturated rings. The number of thiophene rings is 1. The molecule has 0 spiro atoms. The van der Waals surface area contributed by atoms with Gasteiger partial charge in [-0.3, -0.25) is 4.57 Å². The van der Waals surface area contributed by atoms with Gasteiger partial charge in [0.15, 0.2) is 11.6 Å². The molecule has 266 valence electrons. The summed E-state index contributed by atoms with van der Waals surface area (Å²) >= 11 is 1.82. The van der Waals surface area contributed by atoms with Crippen molar-refractivity contribution in [2.75, 3.05) is 0 Å². The van der Waals surface area contributed by atoms with Crippen molar-refractivity contribution in [1.29, 1.82) is 0 Å². The third-order valence-electron chi connectivity index (χ3n) is 11.0. The van der Waals surface area contributed by atoms with E-state index in [4.69, 9.17) is 19.9 Å². The molecular formula is C50H30N6S. The molecule has 0 aliphatic rings. The highest BCUT2D eigenvalue weighted by molar-refractivity contribution is 7.26. The van der Waals surface area contributed by atoms with Crippen LogP contribution in [0.5, 0.6) is 0 Å². The second-order valence-corrected chi connectivity index (χ2v) is 15.3. The molecule has 0 unspecified atom stereocenters. The van der Waals surface area contributed by atoms with Crippen LogP contribution in [0.15, 0.2) is 182 Å². The Hall–Kier alpha value is -7.48. The van der Waals surface area contributed by atoms with E-state index in [0.29, 0.717) is 17.6 Å². The van der Waals surface area contributed by atoms with Gasteiger partial charge in [-0.05, 0) is 36.4 Å². The van der Waals surface area contributed by atoms with E-state index in [0.717, 1.165) is 66.4 Å². The molecule has 0 amide bonds. The lowest BCUT2D eigenvalue weighted by Gasteiger charge is -2.13. The summed E-state index contributed by atoms with van der Waals surface area (Å²) in [7, 11) is 0. The highest BCUT2D eigenvalue weighted by atomic mass is 32.1.